The van der Waals surface area contributed by atoms with Gasteiger partial charge < -0.3 is 10.4 Å². The van der Waals surface area contributed by atoms with Gasteiger partial charge in [-0.05, 0) is 13.8 Å². The van der Waals surface area contributed by atoms with Crippen LogP contribution in [-0.4, -0.2) is 43.7 Å². The zero-order valence-corrected chi connectivity index (χ0v) is 10.0. The van der Waals surface area contributed by atoms with Gasteiger partial charge in [0, 0.05) is 6.54 Å². The maximum Gasteiger partial charge on any atom is 0.304 e. The average Bonchev–Trinajstić information content (AvgIpc) is 2.14. The van der Waals surface area contributed by atoms with Crippen LogP contribution in [0.2, 0.25) is 0 Å². The van der Waals surface area contributed by atoms with Gasteiger partial charge in [0.1, 0.15) is 0 Å². The minimum absolute atomic E-state index is 0.403. The molecule has 0 aliphatic carbocycles. The third-order valence-electron chi connectivity index (χ3n) is 1.69. The lowest BCUT2D eigenvalue weighted by Crippen LogP contribution is -2.45. The lowest BCUT2D eigenvalue weighted by Gasteiger charge is -2.12. The number of carboxylic acids is 1. The van der Waals surface area contributed by atoms with E-state index >= 15 is 0 Å². The van der Waals surface area contributed by atoms with Gasteiger partial charge in [0.15, 0.2) is 0 Å². The highest BCUT2D eigenvalue weighted by Crippen LogP contribution is 1.93. The quantitative estimate of drug-likeness (QED) is 0.532. The number of carbonyl (C=O) groups is 2. The van der Waals surface area contributed by atoms with Crippen LogP contribution in [-0.2, 0) is 19.6 Å². The molecule has 16 heavy (non-hydrogen) atoms. The fourth-order valence-corrected chi connectivity index (χ4v) is 2.14. The van der Waals surface area contributed by atoms with Gasteiger partial charge in [-0.2, -0.15) is 0 Å². The molecule has 0 spiro atoms. The lowest BCUT2D eigenvalue weighted by atomic mass is 10.3. The summed E-state index contributed by atoms with van der Waals surface area (Å²) >= 11 is 0. The van der Waals surface area contributed by atoms with Gasteiger partial charge in [-0.1, -0.05) is 0 Å². The van der Waals surface area contributed by atoms with Crippen LogP contribution in [0.4, 0.5) is 0 Å². The molecule has 0 aromatic heterocycles. The zero-order valence-electron chi connectivity index (χ0n) is 9.19. The van der Waals surface area contributed by atoms with Crippen molar-refractivity contribution < 1.29 is 23.1 Å². The summed E-state index contributed by atoms with van der Waals surface area (Å²) in [6, 6.07) is -0.904. The van der Waals surface area contributed by atoms with Gasteiger partial charge in [-0.15, -0.1) is 0 Å². The molecule has 1 amide bonds. The first kappa shape index (κ1) is 14.8. The van der Waals surface area contributed by atoms with Crippen LogP contribution in [0.3, 0.4) is 0 Å². The van der Waals surface area contributed by atoms with E-state index in [2.05, 4.69) is 10.0 Å². The molecule has 0 radical (unpaired) electrons. The van der Waals surface area contributed by atoms with E-state index in [4.69, 9.17) is 5.11 Å². The molecule has 0 saturated carbocycles. The summed E-state index contributed by atoms with van der Waals surface area (Å²) in [5, 5.41) is 10.8. The summed E-state index contributed by atoms with van der Waals surface area (Å²) in [4.78, 5) is 21.4. The number of hydrogen-bond acceptors (Lipinski definition) is 4. The van der Waals surface area contributed by atoms with Crippen LogP contribution in [0.25, 0.3) is 0 Å². The highest BCUT2D eigenvalue weighted by Gasteiger charge is 2.20. The Hall–Kier alpha value is -1.15. The van der Waals surface area contributed by atoms with Crippen molar-refractivity contribution >= 4 is 21.9 Å². The van der Waals surface area contributed by atoms with Gasteiger partial charge in [-0.3, -0.25) is 9.59 Å². The Morgan fingerprint density at radius 1 is 1.38 bits per heavy atom. The molecule has 8 heteroatoms. The van der Waals surface area contributed by atoms with Crippen LogP contribution in [0.1, 0.15) is 20.3 Å². The number of carbonyl (C=O) groups excluding carboxylic acids is 1. The summed E-state index contributed by atoms with van der Waals surface area (Å²) < 4.78 is 24.7. The molecule has 0 fully saturated rings. The van der Waals surface area contributed by atoms with E-state index in [-0.39, 0.29) is 0 Å². The van der Waals surface area contributed by atoms with Crippen molar-refractivity contribution in [3.63, 3.8) is 0 Å². The molecule has 0 aromatic rings. The SMILES string of the molecule is CCNC(=O)C(C)NS(=O)(=O)CCC(=O)O. The van der Waals surface area contributed by atoms with E-state index in [0.29, 0.717) is 6.54 Å². The fraction of sp³-hybridized carbons (Fsp3) is 0.750. The Morgan fingerprint density at radius 2 is 1.94 bits per heavy atom. The van der Waals surface area contributed by atoms with Crippen LogP contribution in [0.15, 0.2) is 0 Å². The number of sulfonamides is 1. The third kappa shape index (κ3) is 6.36. The number of rotatable bonds is 7. The molecule has 0 rings (SSSR count). The second kappa shape index (κ2) is 6.44. The highest BCUT2D eigenvalue weighted by molar-refractivity contribution is 7.89. The number of carboxylic acid groups (broad SMARTS) is 1. The Bertz CT molecular complexity index is 351. The van der Waals surface area contributed by atoms with Crippen LogP contribution in [0, 0.1) is 0 Å². The number of nitrogens with one attached hydrogen (secondary N) is 2. The van der Waals surface area contributed by atoms with Gasteiger partial charge in [0.2, 0.25) is 15.9 Å². The predicted octanol–water partition coefficient (Wildman–Crippen LogP) is -1.09. The molecule has 0 heterocycles. The Kier molecular flexibility index (Phi) is 5.97. The standard InChI is InChI=1S/C8H16N2O5S/c1-3-9-8(13)6(2)10-16(14,15)5-4-7(11)12/h6,10H,3-5H2,1-2H3,(H,9,13)(H,11,12). The van der Waals surface area contributed by atoms with Crippen molar-refractivity contribution in [3.05, 3.63) is 0 Å². The number of aliphatic carboxylic acids is 1. The van der Waals surface area contributed by atoms with Crippen LogP contribution in [0.5, 0.6) is 0 Å². The number of amides is 1. The van der Waals surface area contributed by atoms with Gasteiger partial charge >= 0.3 is 5.97 Å². The number of hydrogen-bond donors (Lipinski definition) is 3. The monoisotopic (exact) mass is 252 g/mol. The zero-order chi connectivity index (χ0) is 12.8. The molecule has 0 aromatic carbocycles. The maximum atomic E-state index is 11.3. The van der Waals surface area contributed by atoms with E-state index in [1.165, 1.54) is 6.92 Å². The first-order chi connectivity index (χ1) is 7.28. The summed E-state index contributed by atoms with van der Waals surface area (Å²) in [7, 11) is -3.73. The normalized spacial score (nSPS) is 13.1. The first-order valence-electron chi connectivity index (χ1n) is 4.78. The molecule has 3 N–H and O–H groups in total. The summed E-state index contributed by atoms with van der Waals surface area (Å²) in [6.07, 6.45) is -0.489. The maximum absolute atomic E-state index is 11.3. The molecular weight excluding hydrogens is 236 g/mol. The molecule has 0 saturated heterocycles. The third-order valence-corrected chi connectivity index (χ3v) is 3.14. The van der Waals surface area contributed by atoms with Gasteiger partial charge in [0.05, 0.1) is 18.2 Å². The summed E-state index contributed by atoms with van der Waals surface area (Å²) in [6.45, 7) is 3.51. The fourth-order valence-electron chi connectivity index (χ4n) is 0.931. The van der Waals surface area contributed by atoms with Crippen molar-refractivity contribution in [2.75, 3.05) is 12.3 Å². The number of likely N-dealkylation sites (N-methyl/N-ethyl adjacent to an activating group) is 1. The molecule has 1 atom stereocenters. The molecule has 1 unspecified atom stereocenters. The smallest absolute Gasteiger partial charge is 0.304 e. The van der Waals surface area contributed by atoms with Gasteiger partial charge in [0.25, 0.3) is 0 Å². The van der Waals surface area contributed by atoms with Crippen LogP contribution < -0.4 is 10.0 Å². The molecule has 0 bridgehead atoms. The molecule has 7 nitrogen and oxygen atoms in total. The second-order valence-electron chi connectivity index (χ2n) is 3.20. The largest absolute Gasteiger partial charge is 0.481 e. The van der Waals surface area contributed by atoms with E-state index in [0.717, 1.165) is 0 Å². The Morgan fingerprint density at radius 3 is 2.38 bits per heavy atom. The van der Waals surface area contributed by atoms with E-state index in [9.17, 15) is 18.0 Å². The predicted molar refractivity (Wildman–Crippen MR) is 57.3 cm³/mol. The van der Waals surface area contributed by atoms with Crippen molar-refractivity contribution in [1.82, 2.24) is 10.0 Å². The molecule has 0 aliphatic heterocycles. The summed E-state index contributed by atoms with van der Waals surface area (Å²) in [5.74, 6) is -2.18. The Balaban J connectivity index is 4.25. The van der Waals surface area contributed by atoms with Crippen molar-refractivity contribution in [3.8, 4) is 0 Å². The first-order valence-corrected chi connectivity index (χ1v) is 6.43. The lowest BCUT2D eigenvalue weighted by molar-refractivity contribution is -0.136. The van der Waals surface area contributed by atoms with E-state index in [1.54, 1.807) is 6.92 Å². The van der Waals surface area contributed by atoms with Crippen molar-refractivity contribution in [1.29, 1.82) is 0 Å². The molecular formula is C8H16N2O5S. The van der Waals surface area contributed by atoms with Crippen molar-refractivity contribution in [2.24, 2.45) is 0 Å². The highest BCUT2D eigenvalue weighted by atomic mass is 32.2. The van der Waals surface area contributed by atoms with Crippen molar-refractivity contribution in [2.45, 2.75) is 26.3 Å². The second-order valence-corrected chi connectivity index (χ2v) is 5.07. The topological polar surface area (TPSA) is 113 Å². The summed E-state index contributed by atoms with van der Waals surface area (Å²) in [5.41, 5.74) is 0. The van der Waals surface area contributed by atoms with Crippen LogP contribution >= 0.6 is 0 Å². The van der Waals surface area contributed by atoms with E-state index < -0.39 is 40.1 Å². The molecule has 94 valence electrons. The molecule has 0 aliphatic rings. The van der Waals surface area contributed by atoms with Gasteiger partial charge in [-0.25, -0.2) is 13.1 Å². The minimum Gasteiger partial charge on any atom is -0.481 e. The minimum atomic E-state index is -3.73. The van der Waals surface area contributed by atoms with E-state index in [1.807, 2.05) is 0 Å². The Labute approximate surface area is 94.3 Å². The average molecular weight is 252 g/mol.